The molecule has 0 amide bonds. The molecule has 0 spiro atoms. The van der Waals surface area contributed by atoms with Crippen LogP contribution in [0.3, 0.4) is 0 Å². The van der Waals surface area contributed by atoms with E-state index in [4.69, 9.17) is 4.42 Å². The van der Waals surface area contributed by atoms with E-state index >= 15 is 0 Å². The molecule has 2 nitrogen and oxygen atoms in total. The second-order valence-corrected chi connectivity index (χ2v) is 13.7. The quantitative estimate of drug-likeness (QED) is 0.166. The van der Waals surface area contributed by atoms with Gasteiger partial charge in [0.15, 0.2) is 0 Å². The lowest BCUT2D eigenvalue weighted by Crippen LogP contribution is -2.11. The molecule has 2 heteroatoms. The summed E-state index contributed by atoms with van der Waals surface area (Å²) in [5.41, 5.74) is 14.5. The van der Waals surface area contributed by atoms with Crippen LogP contribution in [0.15, 0.2) is 217 Å². The number of benzene rings is 9. The zero-order chi connectivity index (χ0) is 35.8. The van der Waals surface area contributed by atoms with Gasteiger partial charge in [0.2, 0.25) is 0 Å². The average molecular weight is 690 g/mol. The van der Waals surface area contributed by atoms with Crippen molar-refractivity contribution < 1.29 is 4.42 Å². The Balaban J connectivity index is 1.12. The molecule has 0 aliphatic heterocycles. The highest BCUT2D eigenvalue weighted by Gasteiger charge is 2.20. The fourth-order valence-corrected chi connectivity index (χ4v) is 7.96. The number of para-hydroxylation sites is 1. The summed E-state index contributed by atoms with van der Waals surface area (Å²) in [6.45, 7) is 0. The largest absolute Gasteiger partial charge is 0.456 e. The summed E-state index contributed by atoms with van der Waals surface area (Å²) in [5, 5.41) is 4.70. The maximum atomic E-state index is 6.65. The van der Waals surface area contributed by atoms with Gasteiger partial charge in [-0.1, -0.05) is 170 Å². The third-order valence-electron chi connectivity index (χ3n) is 10.5. The Bertz CT molecular complexity index is 2890. The molecule has 10 rings (SSSR count). The number of hydrogen-bond acceptors (Lipinski definition) is 2. The van der Waals surface area contributed by atoms with Gasteiger partial charge in [0.25, 0.3) is 0 Å². The number of rotatable bonds is 7. The van der Waals surface area contributed by atoms with Crippen LogP contribution in [0, 0.1) is 0 Å². The lowest BCUT2D eigenvalue weighted by atomic mass is 9.92. The number of nitrogens with zero attached hydrogens (tertiary/aromatic N) is 1. The minimum atomic E-state index is 0.888. The summed E-state index contributed by atoms with van der Waals surface area (Å²) in [6.07, 6.45) is 0. The van der Waals surface area contributed by atoms with Crippen LogP contribution < -0.4 is 4.90 Å². The molecule has 1 heterocycles. The van der Waals surface area contributed by atoms with Crippen LogP contribution in [0.2, 0.25) is 0 Å². The van der Waals surface area contributed by atoms with E-state index in [1.165, 1.54) is 44.2 Å². The first-order valence-corrected chi connectivity index (χ1v) is 18.4. The maximum Gasteiger partial charge on any atom is 0.136 e. The smallest absolute Gasteiger partial charge is 0.136 e. The van der Waals surface area contributed by atoms with Crippen LogP contribution in [0.1, 0.15) is 0 Å². The van der Waals surface area contributed by atoms with Crippen LogP contribution in [-0.2, 0) is 0 Å². The lowest BCUT2D eigenvalue weighted by Gasteiger charge is -2.28. The van der Waals surface area contributed by atoms with E-state index in [0.29, 0.717) is 0 Å². The molecular weight excluding hydrogens is 655 g/mol. The van der Waals surface area contributed by atoms with Crippen molar-refractivity contribution in [2.24, 2.45) is 0 Å². The molecule has 1 aromatic heterocycles. The molecule has 0 aliphatic rings. The van der Waals surface area contributed by atoms with E-state index in [9.17, 15) is 0 Å². The molecule has 254 valence electrons. The van der Waals surface area contributed by atoms with Crippen molar-refractivity contribution in [1.29, 1.82) is 0 Å². The van der Waals surface area contributed by atoms with Crippen molar-refractivity contribution in [2.75, 3.05) is 4.90 Å². The summed E-state index contributed by atoms with van der Waals surface area (Å²) in [4.78, 5) is 2.37. The average Bonchev–Trinajstić information content (AvgIpc) is 3.64. The van der Waals surface area contributed by atoms with Crippen molar-refractivity contribution in [3.05, 3.63) is 212 Å². The van der Waals surface area contributed by atoms with E-state index in [0.717, 1.165) is 50.1 Å². The summed E-state index contributed by atoms with van der Waals surface area (Å²) < 4.78 is 6.65. The second kappa shape index (κ2) is 13.4. The van der Waals surface area contributed by atoms with E-state index in [2.05, 4.69) is 217 Å². The molecule has 54 heavy (non-hydrogen) atoms. The normalized spacial score (nSPS) is 11.3. The predicted octanol–water partition coefficient (Wildman–Crippen LogP) is 14.9. The van der Waals surface area contributed by atoms with Crippen LogP contribution >= 0.6 is 0 Å². The van der Waals surface area contributed by atoms with Gasteiger partial charge in [-0.05, 0) is 92.2 Å². The van der Waals surface area contributed by atoms with Gasteiger partial charge in [-0.25, -0.2) is 0 Å². The van der Waals surface area contributed by atoms with Crippen molar-refractivity contribution in [3.8, 4) is 44.5 Å². The van der Waals surface area contributed by atoms with Gasteiger partial charge in [0, 0.05) is 27.7 Å². The van der Waals surface area contributed by atoms with E-state index in [1.54, 1.807) is 0 Å². The number of anilines is 3. The Hall–Kier alpha value is -7.16. The van der Waals surface area contributed by atoms with E-state index in [1.807, 2.05) is 0 Å². The van der Waals surface area contributed by atoms with Gasteiger partial charge < -0.3 is 9.32 Å². The molecular formula is C52H35NO. The van der Waals surface area contributed by atoms with Crippen LogP contribution in [0.4, 0.5) is 17.1 Å². The van der Waals surface area contributed by atoms with E-state index < -0.39 is 0 Å². The monoisotopic (exact) mass is 689 g/mol. The number of hydrogen-bond donors (Lipinski definition) is 0. The molecule has 0 saturated carbocycles. The second-order valence-electron chi connectivity index (χ2n) is 13.7. The Kier molecular flexibility index (Phi) is 7.85. The standard InChI is InChI=1S/C52H35NO/c1-4-15-36(16-5-1)37-27-31-41(32-28-37)53(48-25-13-12-21-43(48)38-17-6-2-7-18-38)42-33-29-40(30-34-42)44-24-14-26-49-51(44)52-46-23-11-10-22-45(46)47(35-50(52)54-49)39-19-8-3-9-20-39/h1-35H. The Morgan fingerprint density at radius 1 is 0.296 bits per heavy atom. The zero-order valence-electron chi connectivity index (χ0n) is 29.6. The van der Waals surface area contributed by atoms with Crippen molar-refractivity contribution in [2.45, 2.75) is 0 Å². The zero-order valence-corrected chi connectivity index (χ0v) is 29.6. The number of furan rings is 1. The minimum absolute atomic E-state index is 0.888. The Morgan fingerprint density at radius 3 is 1.44 bits per heavy atom. The summed E-state index contributed by atoms with van der Waals surface area (Å²) in [7, 11) is 0. The Morgan fingerprint density at radius 2 is 0.778 bits per heavy atom. The van der Waals surface area contributed by atoms with E-state index in [-0.39, 0.29) is 0 Å². The molecule has 0 unspecified atom stereocenters. The molecule has 0 fully saturated rings. The Labute approximate surface area is 314 Å². The number of fused-ring (bicyclic) bond motifs is 5. The first-order valence-electron chi connectivity index (χ1n) is 18.4. The fraction of sp³-hybridized carbons (Fsp3) is 0. The topological polar surface area (TPSA) is 16.4 Å². The highest BCUT2D eigenvalue weighted by molar-refractivity contribution is 6.25. The first kappa shape index (κ1) is 31.6. The van der Waals surface area contributed by atoms with Crippen LogP contribution in [0.5, 0.6) is 0 Å². The SMILES string of the molecule is c1ccc(-c2ccc(N(c3ccc(-c4cccc5oc6cc(-c7ccccc7)c7ccccc7c6c45)cc3)c3ccccc3-c3ccccc3)cc2)cc1. The van der Waals surface area contributed by atoms with Gasteiger partial charge in [-0.3, -0.25) is 0 Å². The van der Waals surface area contributed by atoms with Crippen molar-refractivity contribution in [3.63, 3.8) is 0 Å². The molecule has 0 aliphatic carbocycles. The van der Waals surface area contributed by atoms with Gasteiger partial charge in [-0.2, -0.15) is 0 Å². The van der Waals surface area contributed by atoms with Gasteiger partial charge in [-0.15, -0.1) is 0 Å². The molecule has 10 aromatic rings. The van der Waals surface area contributed by atoms with Gasteiger partial charge in [0.1, 0.15) is 11.2 Å². The summed E-state index contributed by atoms with van der Waals surface area (Å²) >= 11 is 0. The van der Waals surface area contributed by atoms with Crippen molar-refractivity contribution >= 4 is 49.8 Å². The third kappa shape index (κ3) is 5.53. The highest BCUT2D eigenvalue weighted by Crippen LogP contribution is 2.45. The third-order valence-corrected chi connectivity index (χ3v) is 10.5. The van der Waals surface area contributed by atoms with Crippen LogP contribution in [0.25, 0.3) is 77.2 Å². The van der Waals surface area contributed by atoms with Crippen LogP contribution in [-0.4, -0.2) is 0 Å². The first-order chi connectivity index (χ1) is 26.8. The van der Waals surface area contributed by atoms with Gasteiger partial charge >= 0.3 is 0 Å². The summed E-state index contributed by atoms with van der Waals surface area (Å²) in [5.74, 6) is 0. The van der Waals surface area contributed by atoms with Crippen molar-refractivity contribution in [1.82, 2.24) is 0 Å². The molecule has 0 radical (unpaired) electrons. The highest BCUT2D eigenvalue weighted by atomic mass is 16.3. The molecule has 0 atom stereocenters. The van der Waals surface area contributed by atoms with Gasteiger partial charge in [0.05, 0.1) is 5.69 Å². The molecule has 9 aromatic carbocycles. The molecule has 0 saturated heterocycles. The summed E-state index contributed by atoms with van der Waals surface area (Å²) in [6, 6.07) is 75.6. The lowest BCUT2D eigenvalue weighted by molar-refractivity contribution is 0.669. The maximum absolute atomic E-state index is 6.65. The molecule has 0 N–H and O–H groups in total. The predicted molar refractivity (Wildman–Crippen MR) is 228 cm³/mol. The minimum Gasteiger partial charge on any atom is -0.456 e. The molecule has 0 bridgehead atoms. The fourth-order valence-electron chi connectivity index (χ4n) is 7.96.